The highest BCUT2D eigenvalue weighted by Gasteiger charge is 2.42. The Morgan fingerprint density at radius 1 is 1.19 bits per heavy atom. The number of para-hydroxylation sites is 1. The normalized spacial score (nSPS) is 23.3. The molecule has 6 heteroatoms. The summed E-state index contributed by atoms with van der Waals surface area (Å²) in [6.45, 7) is 2.64. The predicted molar refractivity (Wildman–Crippen MR) is 107 cm³/mol. The summed E-state index contributed by atoms with van der Waals surface area (Å²) < 4.78 is 0. The van der Waals surface area contributed by atoms with Crippen LogP contribution in [0.25, 0.3) is 0 Å². The third-order valence-corrected chi connectivity index (χ3v) is 6.07. The number of amides is 2. The van der Waals surface area contributed by atoms with Gasteiger partial charge in [0.2, 0.25) is 11.8 Å². The van der Waals surface area contributed by atoms with Crippen LogP contribution in [-0.2, 0) is 9.59 Å². The third kappa shape index (κ3) is 4.67. The van der Waals surface area contributed by atoms with Crippen molar-refractivity contribution in [2.75, 3.05) is 11.9 Å². The minimum absolute atomic E-state index is 0.0531. The first-order chi connectivity index (χ1) is 12.7. The summed E-state index contributed by atoms with van der Waals surface area (Å²) in [7, 11) is 0. The highest BCUT2D eigenvalue weighted by Crippen LogP contribution is 2.35. The van der Waals surface area contributed by atoms with Gasteiger partial charge in [-0.3, -0.25) is 19.5 Å². The summed E-state index contributed by atoms with van der Waals surface area (Å²) in [4.78, 5) is 31.9. The summed E-state index contributed by atoms with van der Waals surface area (Å²) in [5.41, 5.74) is 0.760. The highest BCUT2D eigenvalue weighted by molar-refractivity contribution is 8.15. The second kappa shape index (κ2) is 9.21. The summed E-state index contributed by atoms with van der Waals surface area (Å²) in [6, 6.07) is 9.61. The van der Waals surface area contributed by atoms with Crippen LogP contribution in [0.5, 0.6) is 0 Å². The number of rotatable bonds is 5. The van der Waals surface area contributed by atoms with Crippen molar-refractivity contribution in [3.05, 3.63) is 30.3 Å². The largest absolute Gasteiger partial charge is 0.326 e. The molecule has 26 heavy (non-hydrogen) atoms. The fourth-order valence-corrected chi connectivity index (χ4v) is 4.88. The van der Waals surface area contributed by atoms with Gasteiger partial charge in [-0.25, -0.2) is 0 Å². The van der Waals surface area contributed by atoms with Crippen LogP contribution >= 0.6 is 11.8 Å². The predicted octanol–water partition coefficient (Wildman–Crippen LogP) is 4.06. The number of nitrogens with zero attached hydrogens (tertiary/aromatic N) is 2. The van der Waals surface area contributed by atoms with Crippen LogP contribution in [0.15, 0.2) is 35.3 Å². The Labute approximate surface area is 159 Å². The van der Waals surface area contributed by atoms with E-state index in [1.165, 1.54) is 24.6 Å². The van der Waals surface area contributed by atoms with Gasteiger partial charge in [-0.2, -0.15) is 0 Å². The Bertz CT molecular complexity index is 654. The minimum Gasteiger partial charge on any atom is -0.326 e. The van der Waals surface area contributed by atoms with Crippen molar-refractivity contribution >= 4 is 34.4 Å². The van der Waals surface area contributed by atoms with E-state index < -0.39 is 0 Å². The lowest BCUT2D eigenvalue weighted by Gasteiger charge is -2.26. The number of thioether (sulfide) groups is 1. The number of carbonyl (C=O) groups excluding carboxylic acids is 2. The van der Waals surface area contributed by atoms with E-state index in [0.29, 0.717) is 6.54 Å². The summed E-state index contributed by atoms with van der Waals surface area (Å²) in [5, 5.41) is 3.32. The molecule has 1 aromatic rings. The van der Waals surface area contributed by atoms with Crippen molar-refractivity contribution in [3.8, 4) is 0 Å². The van der Waals surface area contributed by atoms with E-state index in [2.05, 4.69) is 10.3 Å². The molecule has 0 bridgehead atoms. The maximum atomic E-state index is 13.0. The molecule has 5 nitrogen and oxygen atoms in total. The molecule has 1 unspecified atom stereocenters. The van der Waals surface area contributed by atoms with Gasteiger partial charge in [-0.15, -0.1) is 0 Å². The van der Waals surface area contributed by atoms with E-state index in [1.54, 1.807) is 0 Å². The van der Waals surface area contributed by atoms with Gasteiger partial charge in [0.15, 0.2) is 5.17 Å². The standard InChI is InChI=1S/C20H27N3O2S/c1-2-21-20-23(16-12-8-3-4-9-13-16)19(25)17(26-20)14-18(24)22-15-10-6-5-7-11-15/h5-7,10-11,16-17H,2-4,8-9,12-14H2,1H3,(H,22,24). The summed E-state index contributed by atoms with van der Waals surface area (Å²) in [6.07, 6.45) is 7.08. The molecule has 2 aliphatic rings. The van der Waals surface area contributed by atoms with Crippen LogP contribution in [0.1, 0.15) is 51.9 Å². The van der Waals surface area contributed by atoms with Gasteiger partial charge in [0.1, 0.15) is 5.25 Å². The van der Waals surface area contributed by atoms with Crippen LogP contribution < -0.4 is 5.32 Å². The number of hydrogen-bond acceptors (Lipinski definition) is 4. The van der Waals surface area contributed by atoms with Crippen LogP contribution in [0, 0.1) is 0 Å². The van der Waals surface area contributed by atoms with Gasteiger partial charge in [0.25, 0.3) is 0 Å². The molecule has 1 aromatic carbocycles. The van der Waals surface area contributed by atoms with Crippen molar-refractivity contribution in [2.24, 2.45) is 4.99 Å². The van der Waals surface area contributed by atoms with E-state index >= 15 is 0 Å². The zero-order chi connectivity index (χ0) is 18.4. The van der Waals surface area contributed by atoms with E-state index in [1.807, 2.05) is 42.2 Å². The molecular formula is C20H27N3O2S. The molecule has 1 heterocycles. The zero-order valence-electron chi connectivity index (χ0n) is 15.3. The quantitative estimate of drug-likeness (QED) is 0.792. The monoisotopic (exact) mass is 373 g/mol. The average Bonchev–Trinajstić information content (AvgIpc) is 2.81. The Hall–Kier alpha value is -1.82. The Morgan fingerprint density at radius 3 is 2.54 bits per heavy atom. The van der Waals surface area contributed by atoms with E-state index in [9.17, 15) is 9.59 Å². The van der Waals surface area contributed by atoms with Crippen molar-refractivity contribution < 1.29 is 9.59 Å². The molecule has 3 rings (SSSR count). The van der Waals surface area contributed by atoms with E-state index in [0.717, 1.165) is 36.5 Å². The lowest BCUT2D eigenvalue weighted by atomic mass is 10.1. The molecule has 1 saturated carbocycles. The van der Waals surface area contributed by atoms with Crippen LogP contribution in [0.3, 0.4) is 0 Å². The second-order valence-corrected chi connectivity index (χ2v) is 8.01. The number of benzene rings is 1. The molecule has 0 aromatic heterocycles. The van der Waals surface area contributed by atoms with E-state index in [-0.39, 0.29) is 29.5 Å². The first kappa shape index (κ1) is 19.0. The lowest BCUT2D eigenvalue weighted by molar-refractivity contribution is -0.129. The van der Waals surface area contributed by atoms with Gasteiger partial charge < -0.3 is 5.32 Å². The molecule has 1 atom stereocenters. The van der Waals surface area contributed by atoms with Gasteiger partial charge in [-0.05, 0) is 31.9 Å². The van der Waals surface area contributed by atoms with Gasteiger partial charge in [-0.1, -0.05) is 55.6 Å². The van der Waals surface area contributed by atoms with Crippen molar-refractivity contribution in [1.82, 2.24) is 4.90 Å². The smallest absolute Gasteiger partial charge is 0.242 e. The molecule has 1 saturated heterocycles. The van der Waals surface area contributed by atoms with E-state index in [4.69, 9.17) is 0 Å². The molecule has 1 aliphatic heterocycles. The Kier molecular flexibility index (Phi) is 6.72. The van der Waals surface area contributed by atoms with Gasteiger partial charge in [0.05, 0.1) is 0 Å². The fraction of sp³-hybridized carbons (Fsp3) is 0.550. The number of nitrogens with one attached hydrogen (secondary N) is 1. The van der Waals surface area contributed by atoms with Crippen molar-refractivity contribution in [3.63, 3.8) is 0 Å². The summed E-state index contributed by atoms with van der Waals surface area (Å²) in [5.74, 6) is -0.0714. The molecule has 140 valence electrons. The molecule has 1 aliphatic carbocycles. The average molecular weight is 374 g/mol. The highest BCUT2D eigenvalue weighted by atomic mass is 32.2. The maximum absolute atomic E-state index is 13.0. The lowest BCUT2D eigenvalue weighted by Crippen LogP contribution is -2.41. The topological polar surface area (TPSA) is 61.8 Å². The number of carbonyl (C=O) groups is 2. The van der Waals surface area contributed by atoms with Crippen LogP contribution in [0.2, 0.25) is 0 Å². The first-order valence-electron chi connectivity index (χ1n) is 9.58. The number of aliphatic imine (C=N–C) groups is 1. The first-order valence-corrected chi connectivity index (χ1v) is 10.5. The molecule has 2 amide bonds. The van der Waals surface area contributed by atoms with Crippen LogP contribution in [-0.4, -0.2) is 39.7 Å². The Balaban J connectivity index is 1.67. The summed E-state index contributed by atoms with van der Waals surface area (Å²) >= 11 is 1.46. The zero-order valence-corrected chi connectivity index (χ0v) is 16.1. The number of hydrogen-bond donors (Lipinski definition) is 1. The minimum atomic E-state index is -0.368. The number of amidine groups is 1. The molecule has 0 spiro atoms. The second-order valence-electron chi connectivity index (χ2n) is 6.84. The molecule has 1 N–H and O–H groups in total. The van der Waals surface area contributed by atoms with Crippen molar-refractivity contribution in [1.29, 1.82) is 0 Å². The SMILES string of the molecule is CCN=C1SC(CC(=O)Nc2ccccc2)C(=O)N1C1CCCCCC1. The molecular weight excluding hydrogens is 346 g/mol. The van der Waals surface area contributed by atoms with Gasteiger partial charge in [0, 0.05) is 24.7 Å². The molecule has 2 fully saturated rings. The fourth-order valence-electron chi connectivity index (χ4n) is 3.62. The number of anilines is 1. The van der Waals surface area contributed by atoms with Crippen LogP contribution in [0.4, 0.5) is 5.69 Å². The van der Waals surface area contributed by atoms with Gasteiger partial charge >= 0.3 is 0 Å². The Morgan fingerprint density at radius 2 is 1.88 bits per heavy atom. The third-order valence-electron chi connectivity index (χ3n) is 4.88. The maximum Gasteiger partial charge on any atom is 0.242 e. The molecule has 0 radical (unpaired) electrons. The van der Waals surface area contributed by atoms with Crippen molar-refractivity contribution in [2.45, 2.75) is 63.2 Å².